The van der Waals surface area contributed by atoms with E-state index in [1.807, 2.05) is 136 Å². The highest BCUT2D eigenvalue weighted by molar-refractivity contribution is 5.65. The van der Waals surface area contributed by atoms with E-state index in [1.165, 1.54) is 0 Å². The fourth-order valence-corrected chi connectivity index (χ4v) is 4.35. The maximum absolute atomic E-state index is 12.4. The Morgan fingerprint density at radius 3 is 1.86 bits per heavy atom. The van der Waals surface area contributed by atoms with Crippen molar-refractivity contribution in [2.24, 2.45) is 0 Å². The Labute approximate surface area is 259 Å². The summed E-state index contributed by atoms with van der Waals surface area (Å²) >= 11 is 0. The molecule has 4 rings (SSSR count). The van der Waals surface area contributed by atoms with Gasteiger partial charge < -0.3 is 24.1 Å². The van der Waals surface area contributed by atoms with Crippen molar-refractivity contribution in [1.29, 1.82) is 0 Å². The fourth-order valence-electron chi connectivity index (χ4n) is 4.35. The average Bonchev–Trinajstić information content (AvgIpc) is 3.01. The van der Waals surface area contributed by atoms with Crippen molar-refractivity contribution in [2.45, 2.75) is 45.7 Å². The SMILES string of the molecule is CC(OCc1ccccc1)Oc1ccc(C=CC=Cc2ccc(OC(=O)OC(C)(C)Cc3ccc(C=CO)cc3)cc2)cc1. The zero-order valence-electron chi connectivity index (χ0n) is 25.3. The highest BCUT2D eigenvalue weighted by Crippen LogP contribution is 2.21. The minimum atomic E-state index is -0.761. The van der Waals surface area contributed by atoms with Crippen LogP contribution in [0.3, 0.4) is 0 Å². The Balaban J connectivity index is 1.19. The van der Waals surface area contributed by atoms with Gasteiger partial charge in [0.2, 0.25) is 0 Å². The molecular formula is C38H38O6. The summed E-state index contributed by atoms with van der Waals surface area (Å²) < 4.78 is 22.6. The van der Waals surface area contributed by atoms with Crippen molar-refractivity contribution in [2.75, 3.05) is 0 Å². The molecule has 0 aromatic heterocycles. The Hall–Kier alpha value is -5.07. The first-order valence-corrected chi connectivity index (χ1v) is 14.5. The molecule has 1 atom stereocenters. The summed E-state index contributed by atoms with van der Waals surface area (Å²) in [5, 5.41) is 8.89. The van der Waals surface area contributed by atoms with E-state index >= 15 is 0 Å². The number of carbonyl (C=O) groups excluding carboxylic acids is 1. The van der Waals surface area contributed by atoms with Crippen LogP contribution in [-0.4, -0.2) is 23.2 Å². The van der Waals surface area contributed by atoms with Crippen LogP contribution in [0, 0.1) is 0 Å². The number of hydrogen-bond acceptors (Lipinski definition) is 6. The molecule has 6 heteroatoms. The van der Waals surface area contributed by atoms with Gasteiger partial charge in [0.15, 0.2) is 6.29 Å². The van der Waals surface area contributed by atoms with Crippen molar-refractivity contribution >= 4 is 24.4 Å². The molecule has 0 aliphatic heterocycles. The van der Waals surface area contributed by atoms with Gasteiger partial charge in [0, 0.05) is 6.42 Å². The van der Waals surface area contributed by atoms with Gasteiger partial charge in [-0.1, -0.05) is 103 Å². The summed E-state index contributed by atoms with van der Waals surface area (Å²) in [6.45, 7) is 6.05. The third-order valence-corrected chi connectivity index (χ3v) is 6.52. The molecule has 0 radical (unpaired) electrons. The molecule has 44 heavy (non-hydrogen) atoms. The second kappa shape index (κ2) is 16.0. The van der Waals surface area contributed by atoms with E-state index < -0.39 is 11.8 Å². The van der Waals surface area contributed by atoms with Gasteiger partial charge in [0.05, 0.1) is 12.9 Å². The summed E-state index contributed by atoms with van der Waals surface area (Å²) in [5.41, 5.74) is 4.24. The molecule has 226 valence electrons. The molecule has 6 nitrogen and oxygen atoms in total. The van der Waals surface area contributed by atoms with E-state index in [0.717, 1.165) is 39.8 Å². The number of benzene rings is 4. The van der Waals surface area contributed by atoms with Crippen LogP contribution in [-0.2, 0) is 22.5 Å². The van der Waals surface area contributed by atoms with Crippen molar-refractivity contribution in [1.82, 2.24) is 0 Å². The monoisotopic (exact) mass is 590 g/mol. The summed E-state index contributed by atoms with van der Waals surface area (Å²) in [7, 11) is 0. The highest BCUT2D eigenvalue weighted by Gasteiger charge is 2.25. The number of carbonyl (C=O) groups is 1. The fraction of sp³-hybridized carbons (Fsp3) is 0.184. The van der Waals surface area contributed by atoms with Gasteiger partial charge in [0.25, 0.3) is 0 Å². The number of aliphatic hydroxyl groups excluding tert-OH is 1. The Bertz CT molecular complexity index is 1530. The van der Waals surface area contributed by atoms with Crippen LogP contribution in [0.2, 0.25) is 0 Å². The van der Waals surface area contributed by atoms with E-state index in [1.54, 1.807) is 18.2 Å². The number of aliphatic hydroxyl groups is 1. The Morgan fingerprint density at radius 1 is 0.727 bits per heavy atom. The predicted octanol–water partition coefficient (Wildman–Crippen LogP) is 9.42. The molecule has 0 amide bonds. The largest absolute Gasteiger partial charge is 0.516 e. The van der Waals surface area contributed by atoms with Crippen LogP contribution in [0.15, 0.2) is 122 Å². The van der Waals surface area contributed by atoms with E-state index in [2.05, 4.69) is 0 Å². The second-order valence-corrected chi connectivity index (χ2v) is 10.8. The molecule has 4 aromatic carbocycles. The van der Waals surface area contributed by atoms with Gasteiger partial charge in [0.1, 0.15) is 17.1 Å². The number of ether oxygens (including phenoxy) is 4. The first-order valence-electron chi connectivity index (χ1n) is 14.5. The molecule has 0 saturated heterocycles. The summed E-state index contributed by atoms with van der Waals surface area (Å²) in [6, 6.07) is 32.7. The lowest BCUT2D eigenvalue weighted by Gasteiger charge is -2.24. The van der Waals surface area contributed by atoms with Crippen LogP contribution in [0.25, 0.3) is 18.2 Å². The predicted molar refractivity (Wildman–Crippen MR) is 175 cm³/mol. The van der Waals surface area contributed by atoms with Gasteiger partial charge in [-0.15, -0.1) is 0 Å². The summed E-state index contributed by atoms with van der Waals surface area (Å²) in [5.74, 6) is 1.15. The minimum absolute atomic E-state index is 0.362. The van der Waals surface area contributed by atoms with Crippen molar-refractivity contribution in [3.05, 3.63) is 149 Å². The average molecular weight is 591 g/mol. The van der Waals surface area contributed by atoms with Crippen LogP contribution in [0.5, 0.6) is 11.5 Å². The van der Waals surface area contributed by atoms with Gasteiger partial charge in [-0.2, -0.15) is 0 Å². The maximum Gasteiger partial charge on any atom is 0.514 e. The molecule has 0 fully saturated rings. The van der Waals surface area contributed by atoms with Crippen LogP contribution in [0.1, 0.15) is 48.6 Å². The molecule has 0 heterocycles. The molecular weight excluding hydrogens is 552 g/mol. The number of rotatable bonds is 13. The molecule has 0 spiro atoms. The highest BCUT2D eigenvalue weighted by atomic mass is 16.7. The van der Waals surface area contributed by atoms with E-state index in [4.69, 9.17) is 24.1 Å². The summed E-state index contributed by atoms with van der Waals surface area (Å²) in [6.07, 6.45) is 9.88. The van der Waals surface area contributed by atoms with Gasteiger partial charge in [-0.3, -0.25) is 0 Å². The molecule has 1 N–H and O–H groups in total. The maximum atomic E-state index is 12.4. The van der Waals surface area contributed by atoms with Crippen LogP contribution < -0.4 is 9.47 Å². The lowest BCUT2D eigenvalue weighted by atomic mass is 9.97. The zero-order valence-corrected chi connectivity index (χ0v) is 25.3. The third kappa shape index (κ3) is 11.0. The van der Waals surface area contributed by atoms with Crippen molar-refractivity contribution in [3.8, 4) is 11.5 Å². The smallest absolute Gasteiger partial charge is 0.514 e. The Kier molecular flexibility index (Phi) is 11.6. The first kappa shape index (κ1) is 31.9. The molecule has 0 saturated carbocycles. The van der Waals surface area contributed by atoms with E-state index in [-0.39, 0.29) is 6.29 Å². The van der Waals surface area contributed by atoms with E-state index in [9.17, 15) is 4.79 Å². The van der Waals surface area contributed by atoms with E-state index in [0.29, 0.717) is 18.8 Å². The standard InChI is InChI=1S/C38H38O6/c1-29(41-28-34-11-5-4-6-12-34)42-35-21-17-30(18-22-35)9-7-8-10-31-19-23-36(24-20-31)43-37(40)44-38(2,3)27-33-15-13-32(14-16-33)25-26-39/h4-26,29,39H,27-28H2,1-3H3. The minimum Gasteiger partial charge on any atom is -0.516 e. The van der Waals surface area contributed by atoms with Crippen molar-refractivity contribution in [3.63, 3.8) is 0 Å². The van der Waals surface area contributed by atoms with Gasteiger partial charge >= 0.3 is 6.16 Å². The number of allylic oxidation sites excluding steroid dienone is 2. The zero-order chi connectivity index (χ0) is 31.2. The van der Waals surface area contributed by atoms with Crippen molar-refractivity contribution < 1.29 is 28.8 Å². The molecule has 1 unspecified atom stereocenters. The first-order chi connectivity index (χ1) is 21.3. The molecule has 0 bridgehead atoms. The normalized spacial score (nSPS) is 12.5. The summed E-state index contributed by atoms with van der Waals surface area (Å²) in [4.78, 5) is 12.4. The molecule has 4 aromatic rings. The molecule has 0 aliphatic carbocycles. The van der Waals surface area contributed by atoms with Gasteiger partial charge in [-0.05, 0) is 78.9 Å². The second-order valence-electron chi connectivity index (χ2n) is 10.8. The topological polar surface area (TPSA) is 74.2 Å². The van der Waals surface area contributed by atoms with Crippen LogP contribution in [0.4, 0.5) is 4.79 Å². The van der Waals surface area contributed by atoms with Gasteiger partial charge in [-0.25, -0.2) is 4.79 Å². The lowest BCUT2D eigenvalue weighted by Crippen LogP contribution is -2.32. The Morgan fingerprint density at radius 2 is 1.27 bits per heavy atom. The quantitative estimate of drug-likeness (QED) is 0.0550. The number of hydrogen-bond donors (Lipinski definition) is 1. The lowest BCUT2D eigenvalue weighted by molar-refractivity contribution is -0.0759. The molecule has 0 aliphatic rings. The van der Waals surface area contributed by atoms with Crippen LogP contribution >= 0.6 is 0 Å². The third-order valence-electron chi connectivity index (χ3n) is 6.52.